The summed E-state index contributed by atoms with van der Waals surface area (Å²) in [5.74, 6) is -0.807. The van der Waals surface area contributed by atoms with Crippen LogP contribution in [0.1, 0.15) is 18.1 Å². The Bertz CT molecular complexity index is 1740. The Morgan fingerprint density at radius 1 is 0.867 bits per heavy atom. The fourth-order valence-electron chi connectivity index (χ4n) is 4.74. The van der Waals surface area contributed by atoms with Crippen molar-refractivity contribution in [1.29, 1.82) is 0 Å². The fourth-order valence-corrected chi connectivity index (χ4v) is 6.76. The van der Waals surface area contributed by atoms with E-state index < -0.39 is 34.4 Å². The van der Waals surface area contributed by atoms with Gasteiger partial charge in [0.25, 0.3) is 10.0 Å². The number of ether oxygens (including phenoxy) is 1. The molecule has 4 aromatic carbocycles. The minimum absolute atomic E-state index is 0.0783. The number of likely N-dealkylation sites (N-methyl/N-ethyl adjacent to an activating group) is 1. The van der Waals surface area contributed by atoms with Crippen LogP contribution in [0, 0.1) is 0 Å². The highest BCUT2D eigenvalue weighted by Crippen LogP contribution is 2.33. The van der Waals surface area contributed by atoms with Crippen LogP contribution >= 0.6 is 34.8 Å². The second kappa shape index (κ2) is 15.5. The van der Waals surface area contributed by atoms with Crippen molar-refractivity contribution in [2.24, 2.45) is 0 Å². The first-order valence-corrected chi connectivity index (χ1v) is 16.6. The summed E-state index contributed by atoms with van der Waals surface area (Å²) in [7, 11) is -2.85. The Labute approximate surface area is 278 Å². The van der Waals surface area contributed by atoms with Crippen molar-refractivity contribution in [1.82, 2.24) is 10.2 Å². The summed E-state index contributed by atoms with van der Waals surface area (Å²) in [5, 5.41) is 3.70. The van der Waals surface area contributed by atoms with E-state index in [0.717, 1.165) is 9.87 Å². The van der Waals surface area contributed by atoms with Crippen molar-refractivity contribution in [2.75, 3.05) is 24.5 Å². The van der Waals surface area contributed by atoms with Crippen LogP contribution in [-0.4, -0.2) is 51.4 Å². The second-order valence-corrected chi connectivity index (χ2v) is 13.1. The van der Waals surface area contributed by atoms with Crippen molar-refractivity contribution in [2.45, 2.75) is 30.8 Å². The zero-order valence-electron chi connectivity index (χ0n) is 24.6. The highest BCUT2D eigenvalue weighted by atomic mass is 35.5. The molecule has 0 aromatic heterocycles. The zero-order chi connectivity index (χ0) is 32.6. The summed E-state index contributed by atoms with van der Waals surface area (Å²) >= 11 is 18.7. The number of hydrogen-bond donors (Lipinski definition) is 1. The van der Waals surface area contributed by atoms with Crippen molar-refractivity contribution >= 4 is 62.3 Å². The van der Waals surface area contributed by atoms with Crippen LogP contribution < -0.4 is 14.4 Å². The summed E-state index contributed by atoms with van der Waals surface area (Å²) in [6, 6.07) is 25.3. The Hall–Kier alpha value is -3.76. The largest absolute Gasteiger partial charge is 0.492 e. The molecule has 236 valence electrons. The Morgan fingerprint density at radius 2 is 1.51 bits per heavy atom. The van der Waals surface area contributed by atoms with Crippen LogP contribution in [-0.2, 0) is 32.6 Å². The lowest BCUT2D eigenvalue weighted by molar-refractivity contribution is -0.139. The van der Waals surface area contributed by atoms with E-state index in [9.17, 15) is 18.0 Å². The number of anilines is 1. The minimum atomic E-state index is -4.33. The van der Waals surface area contributed by atoms with Gasteiger partial charge in [0.1, 0.15) is 18.3 Å². The number of nitrogens with zero attached hydrogens (tertiary/aromatic N) is 2. The molecular weight excluding hydrogens is 657 g/mol. The number of amides is 2. The maximum absolute atomic E-state index is 14.5. The molecule has 4 rings (SSSR count). The van der Waals surface area contributed by atoms with Gasteiger partial charge in [-0.05, 0) is 66.6 Å². The number of benzene rings is 4. The van der Waals surface area contributed by atoms with Gasteiger partial charge < -0.3 is 15.0 Å². The molecule has 4 aromatic rings. The quantitative estimate of drug-likeness (QED) is 0.170. The van der Waals surface area contributed by atoms with Crippen LogP contribution in [0.3, 0.4) is 0 Å². The van der Waals surface area contributed by atoms with Gasteiger partial charge in [-0.1, -0.05) is 83.3 Å². The average Bonchev–Trinajstić information content (AvgIpc) is 3.03. The number of rotatable bonds is 13. The molecular formula is C33H32Cl3N3O5S. The molecule has 1 N–H and O–H groups in total. The number of sulfonamides is 1. The third kappa shape index (κ3) is 8.49. The summed E-state index contributed by atoms with van der Waals surface area (Å²) in [5.41, 5.74) is 1.49. The summed E-state index contributed by atoms with van der Waals surface area (Å²) in [6.45, 7) is 1.29. The van der Waals surface area contributed by atoms with Crippen LogP contribution in [0.15, 0.2) is 102 Å². The van der Waals surface area contributed by atoms with Gasteiger partial charge >= 0.3 is 0 Å². The number of nitrogens with one attached hydrogen (secondary N) is 1. The maximum atomic E-state index is 14.5. The number of carbonyl (C=O) groups excluding carboxylic acids is 2. The molecule has 8 nitrogen and oxygen atoms in total. The first-order valence-electron chi connectivity index (χ1n) is 14.0. The monoisotopic (exact) mass is 687 g/mol. The molecule has 0 saturated carbocycles. The Morgan fingerprint density at radius 3 is 2.16 bits per heavy atom. The van der Waals surface area contributed by atoms with Gasteiger partial charge in [0.05, 0.1) is 17.2 Å². The van der Waals surface area contributed by atoms with E-state index in [2.05, 4.69) is 5.32 Å². The summed E-state index contributed by atoms with van der Waals surface area (Å²) < 4.78 is 35.2. The molecule has 0 fully saturated rings. The van der Waals surface area contributed by atoms with E-state index in [4.69, 9.17) is 39.5 Å². The number of para-hydroxylation sites is 2. The van der Waals surface area contributed by atoms with Crippen molar-refractivity contribution < 1.29 is 22.7 Å². The van der Waals surface area contributed by atoms with Gasteiger partial charge in [-0.15, -0.1) is 0 Å². The van der Waals surface area contributed by atoms with Crippen molar-refractivity contribution in [3.8, 4) is 5.75 Å². The molecule has 0 aliphatic rings. The molecule has 1 unspecified atom stereocenters. The third-order valence-corrected chi connectivity index (χ3v) is 9.60. The molecule has 0 aliphatic heterocycles. The van der Waals surface area contributed by atoms with E-state index in [1.54, 1.807) is 49.4 Å². The van der Waals surface area contributed by atoms with Gasteiger partial charge in [-0.3, -0.25) is 13.9 Å². The smallest absolute Gasteiger partial charge is 0.264 e. The minimum Gasteiger partial charge on any atom is -0.492 e. The van der Waals surface area contributed by atoms with Gasteiger partial charge in [0.15, 0.2) is 0 Å². The topological polar surface area (TPSA) is 96.0 Å². The van der Waals surface area contributed by atoms with Crippen molar-refractivity contribution in [3.63, 3.8) is 0 Å². The standard InChI is InChI=1S/C33H32Cl3N3O5S/c1-3-44-31-12-8-7-11-29(31)39(45(42,43)27-17-15-25(34)16-18-27)22-32(40)38(21-24-13-14-26(35)20-28(24)36)30(33(41)37-2)19-23-9-5-4-6-10-23/h4-18,20,30H,3,19,21-22H2,1-2H3,(H,37,41). The van der Waals surface area contributed by atoms with Crippen LogP contribution in [0.25, 0.3) is 0 Å². The normalized spacial score (nSPS) is 11.8. The number of halogens is 3. The lowest BCUT2D eigenvalue weighted by atomic mass is 10.0. The molecule has 0 saturated heterocycles. The molecule has 2 amide bonds. The molecule has 0 heterocycles. The summed E-state index contributed by atoms with van der Waals surface area (Å²) in [4.78, 5) is 29.1. The third-order valence-electron chi connectivity index (χ3n) is 6.99. The van der Waals surface area contributed by atoms with Gasteiger partial charge in [0, 0.05) is 35.1 Å². The fraction of sp³-hybridized carbons (Fsp3) is 0.212. The zero-order valence-corrected chi connectivity index (χ0v) is 27.7. The van der Waals surface area contributed by atoms with Crippen LogP contribution in [0.2, 0.25) is 15.1 Å². The number of hydrogen-bond acceptors (Lipinski definition) is 5. The van der Waals surface area contributed by atoms with Crippen LogP contribution in [0.5, 0.6) is 5.75 Å². The molecule has 12 heteroatoms. The second-order valence-electron chi connectivity index (χ2n) is 9.94. The Balaban J connectivity index is 1.84. The highest BCUT2D eigenvalue weighted by Gasteiger charge is 2.35. The molecule has 0 radical (unpaired) electrons. The van der Waals surface area contributed by atoms with Crippen LogP contribution in [0.4, 0.5) is 5.69 Å². The predicted molar refractivity (Wildman–Crippen MR) is 179 cm³/mol. The SMILES string of the molecule is CCOc1ccccc1N(CC(=O)N(Cc1ccc(Cl)cc1Cl)C(Cc1ccccc1)C(=O)NC)S(=O)(=O)c1ccc(Cl)cc1. The van der Waals surface area contributed by atoms with E-state index in [-0.39, 0.29) is 35.9 Å². The average molecular weight is 689 g/mol. The van der Waals surface area contributed by atoms with Gasteiger partial charge in [-0.2, -0.15) is 0 Å². The maximum Gasteiger partial charge on any atom is 0.264 e. The Kier molecular flexibility index (Phi) is 11.7. The van der Waals surface area contributed by atoms with E-state index >= 15 is 0 Å². The lowest BCUT2D eigenvalue weighted by Crippen LogP contribution is -2.53. The summed E-state index contributed by atoms with van der Waals surface area (Å²) in [6.07, 6.45) is 0.164. The van der Waals surface area contributed by atoms with Gasteiger partial charge in [-0.25, -0.2) is 8.42 Å². The number of carbonyl (C=O) groups is 2. The molecule has 1 atom stereocenters. The van der Waals surface area contributed by atoms with E-state index in [1.807, 2.05) is 30.3 Å². The molecule has 0 bridgehead atoms. The highest BCUT2D eigenvalue weighted by molar-refractivity contribution is 7.92. The first-order chi connectivity index (χ1) is 21.5. The predicted octanol–water partition coefficient (Wildman–Crippen LogP) is 6.63. The molecule has 0 spiro atoms. The van der Waals surface area contributed by atoms with Gasteiger partial charge in [0.2, 0.25) is 11.8 Å². The lowest BCUT2D eigenvalue weighted by Gasteiger charge is -2.34. The molecule has 45 heavy (non-hydrogen) atoms. The van der Waals surface area contributed by atoms with E-state index in [1.165, 1.54) is 36.2 Å². The van der Waals surface area contributed by atoms with E-state index in [0.29, 0.717) is 20.6 Å². The molecule has 0 aliphatic carbocycles. The first kappa shape index (κ1) is 34.1. The van der Waals surface area contributed by atoms with Crippen molar-refractivity contribution in [3.05, 3.63) is 123 Å².